The zero-order valence-electron chi connectivity index (χ0n) is 9.67. The Morgan fingerprint density at radius 3 is 2.07 bits per heavy atom. The lowest BCUT2D eigenvalue weighted by Gasteiger charge is -2.47. The van der Waals surface area contributed by atoms with Crippen molar-refractivity contribution in [3.05, 3.63) is 0 Å². The molecule has 2 heterocycles. The fourth-order valence-electron chi connectivity index (χ4n) is 2.54. The molecule has 2 aliphatic rings. The van der Waals surface area contributed by atoms with Gasteiger partial charge < -0.3 is 9.47 Å². The van der Waals surface area contributed by atoms with E-state index in [4.69, 9.17) is 9.47 Å². The van der Waals surface area contributed by atoms with Gasteiger partial charge in [0.15, 0.2) is 0 Å². The third-order valence-electron chi connectivity index (χ3n) is 2.63. The van der Waals surface area contributed by atoms with Crippen LogP contribution in [0, 0.1) is 0 Å². The van der Waals surface area contributed by atoms with E-state index in [9.17, 15) is 0 Å². The first-order chi connectivity index (χ1) is 6.36. The van der Waals surface area contributed by atoms with Crippen molar-refractivity contribution in [1.82, 2.24) is 4.90 Å². The Morgan fingerprint density at radius 2 is 1.64 bits per heavy atom. The highest BCUT2D eigenvalue weighted by atomic mass is 16.6. The van der Waals surface area contributed by atoms with Crippen LogP contribution in [0.15, 0.2) is 0 Å². The highest BCUT2D eigenvalue weighted by Crippen LogP contribution is 2.28. The molecule has 1 atom stereocenters. The Labute approximate surface area is 86.4 Å². The van der Waals surface area contributed by atoms with Crippen molar-refractivity contribution in [2.45, 2.75) is 45.0 Å². The number of rotatable bonds is 2. The van der Waals surface area contributed by atoms with E-state index >= 15 is 0 Å². The van der Waals surface area contributed by atoms with E-state index in [0.717, 1.165) is 26.2 Å². The molecule has 14 heavy (non-hydrogen) atoms. The third-order valence-corrected chi connectivity index (χ3v) is 2.63. The topological polar surface area (TPSA) is 25.0 Å². The van der Waals surface area contributed by atoms with Crippen molar-refractivity contribution < 1.29 is 9.47 Å². The molecule has 0 bridgehead atoms. The van der Waals surface area contributed by atoms with Gasteiger partial charge in [0.1, 0.15) is 0 Å². The molecule has 0 aromatic rings. The molecule has 2 rings (SSSR count). The van der Waals surface area contributed by atoms with Crippen molar-refractivity contribution in [3.63, 3.8) is 0 Å². The molecule has 0 N–H and O–H groups in total. The van der Waals surface area contributed by atoms with Crippen LogP contribution in [0.25, 0.3) is 0 Å². The molecule has 0 amide bonds. The van der Waals surface area contributed by atoms with Crippen molar-refractivity contribution >= 4 is 0 Å². The molecular weight excluding hydrogens is 178 g/mol. The van der Waals surface area contributed by atoms with E-state index in [1.165, 1.54) is 0 Å². The number of hydrogen-bond acceptors (Lipinski definition) is 3. The predicted molar refractivity (Wildman–Crippen MR) is 55.4 cm³/mol. The summed E-state index contributed by atoms with van der Waals surface area (Å²) in [7, 11) is 0. The monoisotopic (exact) mass is 199 g/mol. The minimum absolute atomic E-state index is 0.0311. The van der Waals surface area contributed by atoms with Gasteiger partial charge in [-0.1, -0.05) is 0 Å². The van der Waals surface area contributed by atoms with Crippen LogP contribution in [0.1, 0.15) is 27.7 Å². The van der Waals surface area contributed by atoms with Crippen LogP contribution in [0.4, 0.5) is 0 Å². The fraction of sp³-hybridized carbons (Fsp3) is 1.00. The van der Waals surface area contributed by atoms with Gasteiger partial charge in [0.2, 0.25) is 0 Å². The Morgan fingerprint density at radius 1 is 1.14 bits per heavy atom. The molecular formula is C11H21NO2. The quantitative estimate of drug-likeness (QED) is 0.626. The predicted octanol–water partition coefficient (Wildman–Crippen LogP) is 1.27. The van der Waals surface area contributed by atoms with Crippen LogP contribution >= 0.6 is 0 Å². The molecule has 3 heteroatoms. The number of morpholine rings is 1. The molecule has 2 fully saturated rings. The lowest BCUT2D eigenvalue weighted by atomic mass is 9.99. The maximum atomic E-state index is 6.01. The van der Waals surface area contributed by atoms with Gasteiger partial charge in [-0.05, 0) is 27.7 Å². The minimum Gasteiger partial charge on any atom is -0.372 e. The molecule has 0 radical (unpaired) electrons. The normalized spacial score (nSPS) is 35.6. The Balaban J connectivity index is 1.96. The van der Waals surface area contributed by atoms with Crippen LogP contribution < -0.4 is 0 Å². The zero-order chi connectivity index (χ0) is 10.4. The lowest BCUT2D eigenvalue weighted by Crippen LogP contribution is -2.57. The van der Waals surface area contributed by atoms with Crippen molar-refractivity contribution in [1.29, 1.82) is 0 Å². The van der Waals surface area contributed by atoms with Gasteiger partial charge in [-0.2, -0.15) is 0 Å². The zero-order valence-corrected chi connectivity index (χ0v) is 9.67. The third kappa shape index (κ3) is 2.69. The Bertz CT molecular complexity index is 205. The molecule has 0 aliphatic carbocycles. The van der Waals surface area contributed by atoms with Gasteiger partial charge in [0.05, 0.1) is 23.9 Å². The molecule has 0 aromatic carbocycles. The van der Waals surface area contributed by atoms with Crippen LogP contribution in [-0.2, 0) is 9.47 Å². The highest BCUT2D eigenvalue weighted by Gasteiger charge is 2.39. The van der Waals surface area contributed by atoms with Crippen molar-refractivity contribution in [2.24, 2.45) is 0 Å². The lowest BCUT2D eigenvalue weighted by molar-refractivity contribution is -0.180. The summed E-state index contributed by atoms with van der Waals surface area (Å²) in [6.07, 6.45) is 0.486. The number of ether oxygens (including phenoxy) is 2. The summed E-state index contributed by atoms with van der Waals surface area (Å²) < 4.78 is 11.3. The van der Waals surface area contributed by atoms with E-state index in [-0.39, 0.29) is 11.2 Å². The minimum atomic E-state index is -0.0311. The van der Waals surface area contributed by atoms with Crippen LogP contribution in [0.5, 0.6) is 0 Å². The van der Waals surface area contributed by atoms with Gasteiger partial charge in [-0.15, -0.1) is 0 Å². The molecule has 2 saturated heterocycles. The van der Waals surface area contributed by atoms with Crippen LogP contribution in [0.3, 0.4) is 0 Å². The average Bonchev–Trinajstić information content (AvgIpc) is 2.62. The molecule has 0 unspecified atom stereocenters. The first-order valence-electron chi connectivity index (χ1n) is 5.40. The highest BCUT2D eigenvalue weighted by molar-refractivity contribution is 4.91. The standard InChI is InChI=1S/C11H21NO2/c1-10(2)7-12(5-9-6-13-9)8-11(3,4)14-10/h9H,5-8H2,1-4H3/t9-/m1/s1. The molecule has 0 spiro atoms. The van der Waals surface area contributed by atoms with Crippen molar-refractivity contribution in [3.8, 4) is 0 Å². The van der Waals surface area contributed by atoms with Gasteiger partial charge in [0, 0.05) is 19.6 Å². The second-order valence-electron chi connectivity index (χ2n) is 5.75. The molecule has 0 saturated carbocycles. The first kappa shape index (κ1) is 10.4. The second kappa shape index (κ2) is 3.19. The largest absolute Gasteiger partial charge is 0.372 e. The number of nitrogens with zero attached hydrogens (tertiary/aromatic N) is 1. The maximum absolute atomic E-state index is 6.01. The van der Waals surface area contributed by atoms with Gasteiger partial charge >= 0.3 is 0 Å². The first-order valence-corrected chi connectivity index (χ1v) is 5.40. The molecule has 82 valence electrons. The summed E-state index contributed by atoms with van der Waals surface area (Å²) in [5.74, 6) is 0. The van der Waals surface area contributed by atoms with E-state index < -0.39 is 0 Å². The van der Waals surface area contributed by atoms with Crippen molar-refractivity contribution in [2.75, 3.05) is 26.2 Å². The van der Waals surface area contributed by atoms with Crippen LogP contribution in [0.2, 0.25) is 0 Å². The molecule has 2 aliphatic heterocycles. The average molecular weight is 199 g/mol. The van der Waals surface area contributed by atoms with Gasteiger partial charge in [0.25, 0.3) is 0 Å². The van der Waals surface area contributed by atoms with E-state index in [2.05, 4.69) is 32.6 Å². The fourth-order valence-corrected chi connectivity index (χ4v) is 2.54. The molecule has 0 aromatic heterocycles. The summed E-state index contributed by atoms with van der Waals surface area (Å²) in [4.78, 5) is 2.46. The van der Waals surface area contributed by atoms with E-state index in [0.29, 0.717) is 6.10 Å². The summed E-state index contributed by atoms with van der Waals surface area (Å²) in [5.41, 5.74) is -0.0622. The number of hydrogen-bond donors (Lipinski definition) is 0. The van der Waals surface area contributed by atoms with Gasteiger partial charge in [-0.25, -0.2) is 0 Å². The van der Waals surface area contributed by atoms with E-state index in [1.54, 1.807) is 0 Å². The van der Waals surface area contributed by atoms with E-state index in [1.807, 2.05) is 0 Å². The SMILES string of the molecule is CC1(C)CN(C[C@@H]2CO2)CC(C)(C)O1. The summed E-state index contributed by atoms with van der Waals surface area (Å²) in [6.45, 7) is 12.7. The van der Waals surface area contributed by atoms with Crippen LogP contribution in [-0.4, -0.2) is 48.4 Å². The summed E-state index contributed by atoms with van der Waals surface area (Å²) >= 11 is 0. The van der Waals surface area contributed by atoms with Gasteiger partial charge in [-0.3, -0.25) is 4.90 Å². The second-order valence-corrected chi connectivity index (χ2v) is 5.75. The Kier molecular flexibility index (Phi) is 2.37. The number of epoxide rings is 1. The summed E-state index contributed by atoms with van der Waals surface area (Å²) in [5, 5.41) is 0. The smallest absolute Gasteiger partial charge is 0.0936 e. The molecule has 3 nitrogen and oxygen atoms in total. The maximum Gasteiger partial charge on any atom is 0.0936 e. The Hall–Kier alpha value is -0.120. The summed E-state index contributed by atoms with van der Waals surface area (Å²) in [6, 6.07) is 0.